The number of amides is 1. The zero-order chi connectivity index (χ0) is 15.2. The Morgan fingerprint density at radius 2 is 2.10 bits per heavy atom. The third-order valence-electron chi connectivity index (χ3n) is 3.83. The van der Waals surface area contributed by atoms with Crippen molar-refractivity contribution in [1.82, 2.24) is 5.32 Å². The first-order valence-corrected chi connectivity index (χ1v) is 8.27. The normalized spacial score (nSPS) is 22.0. The summed E-state index contributed by atoms with van der Waals surface area (Å²) >= 11 is 3.40. The SMILES string of the molecule is Cc1ccc(Br)c(C(=O)NCCOC2CCC(N)CC2)c1. The molecule has 0 bridgehead atoms. The summed E-state index contributed by atoms with van der Waals surface area (Å²) in [7, 11) is 0. The van der Waals surface area contributed by atoms with Crippen molar-refractivity contribution in [1.29, 1.82) is 0 Å². The Balaban J connectivity index is 1.71. The monoisotopic (exact) mass is 354 g/mol. The molecule has 1 aliphatic rings. The molecule has 0 radical (unpaired) electrons. The molecule has 21 heavy (non-hydrogen) atoms. The van der Waals surface area contributed by atoms with Crippen LogP contribution in [0.25, 0.3) is 0 Å². The molecule has 1 amide bonds. The summed E-state index contributed by atoms with van der Waals surface area (Å²) in [5.74, 6) is -0.0696. The minimum absolute atomic E-state index is 0.0696. The number of hydrogen-bond acceptors (Lipinski definition) is 3. The van der Waals surface area contributed by atoms with Crippen LogP contribution in [0.4, 0.5) is 0 Å². The molecule has 1 aromatic carbocycles. The lowest BCUT2D eigenvalue weighted by atomic mass is 9.94. The van der Waals surface area contributed by atoms with E-state index in [0.29, 0.717) is 30.9 Å². The van der Waals surface area contributed by atoms with Crippen molar-refractivity contribution in [2.24, 2.45) is 5.73 Å². The predicted molar refractivity (Wildman–Crippen MR) is 87.4 cm³/mol. The topological polar surface area (TPSA) is 64.3 Å². The van der Waals surface area contributed by atoms with Gasteiger partial charge < -0.3 is 15.8 Å². The number of nitrogens with two attached hydrogens (primary N) is 1. The fourth-order valence-corrected chi connectivity index (χ4v) is 2.98. The number of carbonyl (C=O) groups excluding carboxylic acids is 1. The highest BCUT2D eigenvalue weighted by Gasteiger charge is 2.18. The van der Waals surface area contributed by atoms with Crippen LogP contribution >= 0.6 is 15.9 Å². The minimum atomic E-state index is -0.0696. The molecule has 0 saturated heterocycles. The number of halogens is 1. The van der Waals surface area contributed by atoms with Crippen molar-refractivity contribution in [3.8, 4) is 0 Å². The van der Waals surface area contributed by atoms with Crippen LogP contribution < -0.4 is 11.1 Å². The molecule has 0 spiro atoms. The molecular formula is C16H23BrN2O2. The van der Waals surface area contributed by atoms with Gasteiger partial charge in [-0.25, -0.2) is 0 Å². The summed E-state index contributed by atoms with van der Waals surface area (Å²) in [6.45, 7) is 3.05. The van der Waals surface area contributed by atoms with E-state index in [1.165, 1.54) is 0 Å². The average molecular weight is 355 g/mol. The Hall–Kier alpha value is -0.910. The number of aryl methyl sites for hydroxylation is 1. The maximum Gasteiger partial charge on any atom is 0.252 e. The number of ether oxygens (including phenoxy) is 1. The zero-order valence-electron chi connectivity index (χ0n) is 12.4. The lowest BCUT2D eigenvalue weighted by molar-refractivity contribution is 0.0267. The van der Waals surface area contributed by atoms with Crippen LogP contribution in [0.2, 0.25) is 0 Å². The zero-order valence-corrected chi connectivity index (χ0v) is 14.0. The quantitative estimate of drug-likeness (QED) is 0.799. The summed E-state index contributed by atoms with van der Waals surface area (Å²) < 4.78 is 6.60. The first-order valence-electron chi connectivity index (χ1n) is 7.48. The van der Waals surface area contributed by atoms with Crippen molar-refractivity contribution in [2.45, 2.75) is 44.8 Å². The van der Waals surface area contributed by atoms with Gasteiger partial charge in [-0.1, -0.05) is 11.6 Å². The Bertz CT molecular complexity index is 485. The fourth-order valence-electron chi connectivity index (χ4n) is 2.55. The van der Waals surface area contributed by atoms with Gasteiger partial charge in [-0.15, -0.1) is 0 Å². The van der Waals surface area contributed by atoms with Crippen LogP contribution in [0.5, 0.6) is 0 Å². The van der Waals surface area contributed by atoms with Crippen LogP contribution in [0.1, 0.15) is 41.6 Å². The lowest BCUT2D eigenvalue weighted by Crippen LogP contribution is -2.33. The molecule has 116 valence electrons. The second-order valence-corrected chi connectivity index (χ2v) is 6.50. The molecular weight excluding hydrogens is 332 g/mol. The molecule has 1 saturated carbocycles. The maximum atomic E-state index is 12.1. The maximum absolute atomic E-state index is 12.1. The molecule has 4 nitrogen and oxygen atoms in total. The highest BCUT2D eigenvalue weighted by atomic mass is 79.9. The van der Waals surface area contributed by atoms with Gasteiger partial charge in [-0.3, -0.25) is 4.79 Å². The predicted octanol–water partition coefficient (Wildman–Crippen LogP) is 2.77. The van der Waals surface area contributed by atoms with E-state index in [9.17, 15) is 4.79 Å². The van der Waals surface area contributed by atoms with Gasteiger partial charge in [0.25, 0.3) is 5.91 Å². The van der Waals surface area contributed by atoms with E-state index in [4.69, 9.17) is 10.5 Å². The highest BCUT2D eigenvalue weighted by Crippen LogP contribution is 2.20. The molecule has 0 atom stereocenters. The van der Waals surface area contributed by atoms with Crippen molar-refractivity contribution in [3.63, 3.8) is 0 Å². The van der Waals surface area contributed by atoms with Crippen LogP contribution in [0, 0.1) is 6.92 Å². The van der Waals surface area contributed by atoms with Crippen LogP contribution in [-0.2, 0) is 4.74 Å². The van der Waals surface area contributed by atoms with Crippen molar-refractivity contribution in [2.75, 3.05) is 13.2 Å². The van der Waals surface area contributed by atoms with E-state index in [2.05, 4.69) is 21.2 Å². The van der Waals surface area contributed by atoms with Crippen molar-refractivity contribution in [3.05, 3.63) is 33.8 Å². The second kappa shape index (κ2) is 7.92. The Morgan fingerprint density at radius 3 is 2.81 bits per heavy atom. The summed E-state index contributed by atoms with van der Waals surface area (Å²) in [6, 6.07) is 6.08. The van der Waals surface area contributed by atoms with E-state index in [1.807, 2.05) is 25.1 Å². The number of carbonyl (C=O) groups is 1. The summed E-state index contributed by atoms with van der Waals surface area (Å²) in [6.07, 6.45) is 4.42. The standard InChI is InChI=1S/C16H23BrN2O2/c1-11-2-7-15(17)14(10-11)16(20)19-8-9-21-13-5-3-12(18)4-6-13/h2,7,10,12-13H,3-6,8-9,18H2,1H3,(H,19,20). The van der Waals surface area contributed by atoms with Crippen LogP contribution in [0.3, 0.4) is 0 Å². The number of benzene rings is 1. The van der Waals surface area contributed by atoms with E-state index in [1.54, 1.807) is 0 Å². The van der Waals surface area contributed by atoms with Gasteiger partial charge >= 0.3 is 0 Å². The van der Waals surface area contributed by atoms with E-state index in [0.717, 1.165) is 35.7 Å². The fraction of sp³-hybridized carbons (Fsp3) is 0.562. The Kier molecular flexibility index (Phi) is 6.21. The van der Waals surface area contributed by atoms with Crippen LogP contribution in [0.15, 0.2) is 22.7 Å². The summed E-state index contributed by atoms with van der Waals surface area (Å²) in [4.78, 5) is 12.1. The molecule has 5 heteroatoms. The first kappa shape index (κ1) is 16.5. The van der Waals surface area contributed by atoms with Gasteiger partial charge in [0.05, 0.1) is 18.3 Å². The molecule has 3 N–H and O–H groups in total. The molecule has 0 aromatic heterocycles. The van der Waals surface area contributed by atoms with Gasteiger partial charge in [0.15, 0.2) is 0 Å². The van der Waals surface area contributed by atoms with Gasteiger partial charge in [0.1, 0.15) is 0 Å². The second-order valence-electron chi connectivity index (χ2n) is 5.65. The molecule has 1 aliphatic carbocycles. The number of hydrogen-bond donors (Lipinski definition) is 2. The van der Waals surface area contributed by atoms with Crippen LogP contribution in [-0.4, -0.2) is 31.2 Å². The Labute approximate surface area is 134 Å². The molecule has 0 heterocycles. The molecule has 1 fully saturated rings. The van der Waals surface area contributed by atoms with Gasteiger partial charge in [0, 0.05) is 17.1 Å². The summed E-state index contributed by atoms with van der Waals surface area (Å²) in [5, 5.41) is 2.90. The van der Waals surface area contributed by atoms with Crippen molar-refractivity contribution >= 4 is 21.8 Å². The van der Waals surface area contributed by atoms with Crippen molar-refractivity contribution < 1.29 is 9.53 Å². The molecule has 1 aromatic rings. The first-order chi connectivity index (χ1) is 10.1. The van der Waals surface area contributed by atoms with E-state index >= 15 is 0 Å². The van der Waals surface area contributed by atoms with Gasteiger partial charge in [0.2, 0.25) is 0 Å². The van der Waals surface area contributed by atoms with Gasteiger partial charge in [-0.2, -0.15) is 0 Å². The van der Waals surface area contributed by atoms with E-state index < -0.39 is 0 Å². The summed E-state index contributed by atoms with van der Waals surface area (Å²) in [5.41, 5.74) is 7.60. The molecule has 2 rings (SSSR count). The lowest BCUT2D eigenvalue weighted by Gasteiger charge is -2.26. The van der Waals surface area contributed by atoms with Gasteiger partial charge in [-0.05, 0) is 60.7 Å². The average Bonchev–Trinajstić information content (AvgIpc) is 2.47. The minimum Gasteiger partial charge on any atom is -0.376 e. The Morgan fingerprint density at radius 1 is 1.38 bits per heavy atom. The largest absolute Gasteiger partial charge is 0.376 e. The molecule has 0 aliphatic heterocycles. The number of nitrogens with one attached hydrogen (secondary N) is 1. The van der Waals surface area contributed by atoms with E-state index in [-0.39, 0.29) is 5.91 Å². The third kappa shape index (κ3) is 5.09. The molecule has 0 unspecified atom stereocenters. The third-order valence-corrected chi connectivity index (χ3v) is 4.52. The smallest absolute Gasteiger partial charge is 0.252 e. The number of rotatable bonds is 5. The highest BCUT2D eigenvalue weighted by molar-refractivity contribution is 9.10.